The van der Waals surface area contributed by atoms with Crippen molar-refractivity contribution in [1.29, 1.82) is 0 Å². The van der Waals surface area contributed by atoms with Crippen LogP contribution in [0.15, 0.2) is 0 Å². The minimum atomic E-state index is -2.90. The molecule has 0 saturated carbocycles. The Morgan fingerprint density at radius 3 is 2.64 bits per heavy atom. The van der Waals surface area contributed by atoms with Crippen molar-refractivity contribution >= 4 is 9.84 Å². The Hall–Kier alpha value is -0.130. The van der Waals surface area contributed by atoms with Gasteiger partial charge in [0.05, 0.1) is 11.9 Å². The van der Waals surface area contributed by atoms with Crippen LogP contribution in [0.4, 0.5) is 0 Å². The SMILES string of the molecule is CCS(=O)(=O)CCC1(N)CCOC1C. The molecule has 0 radical (unpaired) electrons. The molecule has 1 aliphatic rings. The molecule has 0 aromatic carbocycles. The molecule has 1 aliphatic heterocycles. The van der Waals surface area contributed by atoms with Crippen LogP contribution in [0.1, 0.15) is 26.7 Å². The van der Waals surface area contributed by atoms with Crippen LogP contribution in [0.2, 0.25) is 0 Å². The molecule has 0 amide bonds. The first-order chi connectivity index (χ1) is 6.40. The first-order valence-corrected chi connectivity index (χ1v) is 6.83. The number of nitrogens with two attached hydrogens (primary N) is 1. The maximum absolute atomic E-state index is 11.3. The van der Waals surface area contributed by atoms with Crippen molar-refractivity contribution in [2.45, 2.75) is 38.3 Å². The van der Waals surface area contributed by atoms with Crippen LogP contribution in [-0.4, -0.2) is 38.2 Å². The molecule has 2 unspecified atom stereocenters. The standard InChI is InChI=1S/C9H19NO3S/c1-3-14(11,12)7-5-9(10)4-6-13-8(9)2/h8H,3-7,10H2,1-2H3. The zero-order valence-corrected chi connectivity index (χ0v) is 9.64. The molecule has 2 atom stereocenters. The molecule has 1 rings (SSSR count). The van der Waals surface area contributed by atoms with Gasteiger partial charge in [0.15, 0.2) is 0 Å². The molecule has 4 nitrogen and oxygen atoms in total. The van der Waals surface area contributed by atoms with E-state index < -0.39 is 15.4 Å². The van der Waals surface area contributed by atoms with Crippen LogP contribution < -0.4 is 5.73 Å². The van der Waals surface area contributed by atoms with E-state index in [0.29, 0.717) is 13.0 Å². The maximum Gasteiger partial charge on any atom is 0.150 e. The largest absolute Gasteiger partial charge is 0.377 e. The summed E-state index contributed by atoms with van der Waals surface area (Å²) in [6.07, 6.45) is 1.23. The summed E-state index contributed by atoms with van der Waals surface area (Å²) in [5.74, 6) is 0.367. The molecule has 0 aliphatic carbocycles. The third kappa shape index (κ3) is 2.68. The summed E-state index contributed by atoms with van der Waals surface area (Å²) < 4.78 is 28.0. The molecule has 0 bridgehead atoms. The van der Waals surface area contributed by atoms with Crippen LogP contribution >= 0.6 is 0 Å². The van der Waals surface area contributed by atoms with Gasteiger partial charge in [-0.2, -0.15) is 0 Å². The predicted molar refractivity (Wildman–Crippen MR) is 55.9 cm³/mol. The van der Waals surface area contributed by atoms with Crippen LogP contribution in [-0.2, 0) is 14.6 Å². The van der Waals surface area contributed by atoms with Gasteiger partial charge in [-0.1, -0.05) is 6.92 Å². The second kappa shape index (κ2) is 4.16. The van der Waals surface area contributed by atoms with Gasteiger partial charge < -0.3 is 10.5 Å². The van der Waals surface area contributed by atoms with E-state index in [0.717, 1.165) is 6.42 Å². The van der Waals surface area contributed by atoms with E-state index in [4.69, 9.17) is 10.5 Å². The Kier molecular flexibility index (Phi) is 3.55. The average Bonchev–Trinajstić information content (AvgIpc) is 2.45. The highest BCUT2D eigenvalue weighted by atomic mass is 32.2. The lowest BCUT2D eigenvalue weighted by atomic mass is 9.91. The summed E-state index contributed by atoms with van der Waals surface area (Å²) in [4.78, 5) is 0. The Morgan fingerprint density at radius 1 is 1.57 bits per heavy atom. The van der Waals surface area contributed by atoms with Crippen LogP contribution in [0, 0.1) is 0 Å². The molecular formula is C9H19NO3S. The lowest BCUT2D eigenvalue weighted by Crippen LogP contribution is -2.47. The van der Waals surface area contributed by atoms with Gasteiger partial charge >= 0.3 is 0 Å². The third-order valence-corrected chi connectivity index (χ3v) is 4.77. The summed E-state index contributed by atoms with van der Waals surface area (Å²) in [6, 6.07) is 0. The monoisotopic (exact) mass is 221 g/mol. The van der Waals surface area contributed by atoms with Crippen molar-refractivity contribution in [3.63, 3.8) is 0 Å². The van der Waals surface area contributed by atoms with E-state index in [1.165, 1.54) is 0 Å². The fourth-order valence-electron chi connectivity index (χ4n) is 1.61. The zero-order chi connectivity index (χ0) is 10.8. The Bertz CT molecular complexity index is 288. The molecule has 5 heteroatoms. The van der Waals surface area contributed by atoms with Gasteiger partial charge in [-0.25, -0.2) is 8.42 Å². The van der Waals surface area contributed by atoms with Crippen LogP contribution in [0.5, 0.6) is 0 Å². The quantitative estimate of drug-likeness (QED) is 0.742. The zero-order valence-electron chi connectivity index (χ0n) is 8.82. The molecule has 2 N–H and O–H groups in total. The summed E-state index contributed by atoms with van der Waals surface area (Å²) in [7, 11) is -2.90. The second-order valence-corrected chi connectivity index (χ2v) is 6.46. The first kappa shape index (κ1) is 11.9. The number of hydrogen-bond donors (Lipinski definition) is 1. The van der Waals surface area contributed by atoms with Crippen molar-refractivity contribution in [1.82, 2.24) is 0 Å². The van der Waals surface area contributed by atoms with Gasteiger partial charge in [0, 0.05) is 17.9 Å². The van der Waals surface area contributed by atoms with Crippen LogP contribution in [0.3, 0.4) is 0 Å². The molecule has 0 aromatic rings. The molecule has 1 heterocycles. The highest BCUT2D eigenvalue weighted by Crippen LogP contribution is 2.26. The molecule has 0 spiro atoms. The Balaban J connectivity index is 2.52. The van der Waals surface area contributed by atoms with Crippen molar-refractivity contribution in [3.8, 4) is 0 Å². The minimum absolute atomic E-state index is 0.0328. The lowest BCUT2D eigenvalue weighted by molar-refractivity contribution is 0.0946. The molecule has 84 valence electrons. The Morgan fingerprint density at radius 2 is 2.21 bits per heavy atom. The molecular weight excluding hydrogens is 202 g/mol. The van der Waals surface area contributed by atoms with Crippen molar-refractivity contribution < 1.29 is 13.2 Å². The van der Waals surface area contributed by atoms with E-state index in [2.05, 4.69) is 0 Å². The van der Waals surface area contributed by atoms with Crippen molar-refractivity contribution in [2.24, 2.45) is 5.73 Å². The normalized spacial score (nSPS) is 33.5. The smallest absolute Gasteiger partial charge is 0.150 e. The predicted octanol–water partition coefficient (Wildman–Crippen LogP) is 0.317. The topological polar surface area (TPSA) is 69.4 Å². The van der Waals surface area contributed by atoms with Gasteiger partial charge in [-0.3, -0.25) is 0 Å². The number of hydrogen-bond acceptors (Lipinski definition) is 4. The van der Waals surface area contributed by atoms with E-state index in [1.54, 1.807) is 6.92 Å². The van der Waals surface area contributed by atoms with Crippen molar-refractivity contribution in [3.05, 3.63) is 0 Å². The lowest BCUT2D eigenvalue weighted by Gasteiger charge is -2.27. The average molecular weight is 221 g/mol. The van der Waals surface area contributed by atoms with Gasteiger partial charge in [-0.15, -0.1) is 0 Å². The fraction of sp³-hybridized carbons (Fsp3) is 1.00. The van der Waals surface area contributed by atoms with Gasteiger partial charge in [0.25, 0.3) is 0 Å². The fourth-order valence-corrected chi connectivity index (χ4v) is 2.59. The van der Waals surface area contributed by atoms with E-state index in [9.17, 15) is 8.42 Å². The van der Waals surface area contributed by atoms with E-state index >= 15 is 0 Å². The second-order valence-electron chi connectivity index (χ2n) is 3.98. The molecule has 14 heavy (non-hydrogen) atoms. The summed E-state index contributed by atoms with van der Waals surface area (Å²) in [6.45, 7) is 4.21. The highest BCUT2D eigenvalue weighted by Gasteiger charge is 2.38. The molecule has 0 aromatic heterocycles. The summed E-state index contributed by atoms with van der Waals surface area (Å²) in [5, 5.41) is 0. The van der Waals surface area contributed by atoms with Gasteiger partial charge in [0.2, 0.25) is 0 Å². The minimum Gasteiger partial charge on any atom is -0.377 e. The Labute approximate surface area is 85.7 Å². The number of rotatable bonds is 4. The van der Waals surface area contributed by atoms with E-state index in [-0.39, 0.29) is 17.6 Å². The summed E-state index contributed by atoms with van der Waals surface area (Å²) in [5.41, 5.74) is 5.63. The maximum atomic E-state index is 11.3. The number of ether oxygens (including phenoxy) is 1. The highest BCUT2D eigenvalue weighted by molar-refractivity contribution is 7.91. The van der Waals surface area contributed by atoms with Crippen molar-refractivity contribution in [2.75, 3.05) is 18.1 Å². The van der Waals surface area contributed by atoms with Gasteiger partial charge in [0.1, 0.15) is 9.84 Å². The number of sulfone groups is 1. The van der Waals surface area contributed by atoms with E-state index in [1.807, 2.05) is 6.92 Å². The van der Waals surface area contributed by atoms with Gasteiger partial charge in [-0.05, 0) is 19.8 Å². The van der Waals surface area contributed by atoms with Crippen LogP contribution in [0.25, 0.3) is 0 Å². The third-order valence-electron chi connectivity index (χ3n) is 3.06. The molecule has 1 fully saturated rings. The summed E-state index contributed by atoms with van der Waals surface area (Å²) >= 11 is 0. The molecule has 1 saturated heterocycles. The first-order valence-electron chi connectivity index (χ1n) is 5.00.